The largest absolute Gasteiger partial charge is 0.440 e. The van der Waals surface area contributed by atoms with E-state index < -0.39 is 0 Å². The molecule has 1 aromatic carbocycles. The van der Waals surface area contributed by atoms with Gasteiger partial charge in [0.25, 0.3) is 5.22 Å². The van der Waals surface area contributed by atoms with Gasteiger partial charge in [-0.2, -0.15) is 0 Å². The molecule has 2 aromatic rings. The first-order chi connectivity index (χ1) is 10.2. The molecule has 3 nitrogen and oxygen atoms in total. The lowest BCUT2D eigenvalue weighted by atomic mass is 9.80. The smallest absolute Gasteiger partial charge is 0.256 e. The van der Waals surface area contributed by atoms with Crippen LogP contribution in [0, 0.1) is 6.92 Å². The minimum atomic E-state index is 0.361. The Hall–Kier alpha value is -1.26. The third-order valence-electron chi connectivity index (χ3n) is 4.09. The van der Waals surface area contributed by atoms with E-state index in [0.29, 0.717) is 17.2 Å². The molecule has 1 heterocycles. The fourth-order valence-electron chi connectivity index (χ4n) is 3.15. The van der Waals surface area contributed by atoms with Gasteiger partial charge in [0.1, 0.15) is 6.26 Å². The average Bonchev–Trinajstić information content (AvgIpc) is 2.88. The van der Waals surface area contributed by atoms with Gasteiger partial charge in [-0.3, -0.25) is 0 Å². The molecule has 3 unspecified atom stereocenters. The van der Waals surface area contributed by atoms with Crippen LogP contribution in [0.2, 0.25) is 0 Å². The van der Waals surface area contributed by atoms with Crippen molar-refractivity contribution in [2.24, 2.45) is 0 Å². The standard InChI is InChI=1S/C17H22N2OS/c1-4-18-16-14-8-6-5-7-13(14)11(2)9-15(16)21-17-19-12(3)10-20-17/h5-8,10-11,15-16,18H,4,9H2,1-3H3. The summed E-state index contributed by atoms with van der Waals surface area (Å²) in [6.07, 6.45) is 2.87. The van der Waals surface area contributed by atoms with Gasteiger partial charge in [-0.05, 0) is 36.9 Å². The summed E-state index contributed by atoms with van der Waals surface area (Å²) in [7, 11) is 0. The summed E-state index contributed by atoms with van der Waals surface area (Å²) in [5, 5.41) is 4.88. The van der Waals surface area contributed by atoms with Crippen LogP contribution in [0.3, 0.4) is 0 Å². The number of hydrogen-bond donors (Lipinski definition) is 1. The molecule has 0 bridgehead atoms. The average molecular weight is 302 g/mol. The fourth-order valence-corrected chi connectivity index (χ4v) is 4.47. The molecule has 1 aliphatic carbocycles. The molecule has 0 fully saturated rings. The molecule has 0 saturated carbocycles. The zero-order valence-corrected chi connectivity index (χ0v) is 13.6. The van der Waals surface area contributed by atoms with Gasteiger partial charge in [0.2, 0.25) is 0 Å². The maximum absolute atomic E-state index is 5.54. The van der Waals surface area contributed by atoms with Crippen molar-refractivity contribution in [3.05, 3.63) is 47.3 Å². The Morgan fingerprint density at radius 1 is 1.33 bits per heavy atom. The number of rotatable bonds is 4. The SMILES string of the molecule is CCNC1c2ccccc2C(C)CC1Sc1nc(C)co1. The fraction of sp³-hybridized carbons (Fsp3) is 0.471. The number of oxazole rings is 1. The Balaban J connectivity index is 1.89. The molecule has 21 heavy (non-hydrogen) atoms. The van der Waals surface area contributed by atoms with Crippen LogP contribution in [0.5, 0.6) is 0 Å². The molecule has 0 spiro atoms. The lowest BCUT2D eigenvalue weighted by Crippen LogP contribution is -2.35. The molecule has 1 N–H and O–H groups in total. The Morgan fingerprint density at radius 3 is 2.76 bits per heavy atom. The van der Waals surface area contributed by atoms with Gasteiger partial charge in [0.15, 0.2) is 0 Å². The summed E-state index contributed by atoms with van der Waals surface area (Å²) >= 11 is 1.76. The number of nitrogens with one attached hydrogen (secondary N) is 1. The van der Waals surface area contributed by atoms with Crippen molar-refractivity contribution in [2.75, 3.05) is 6.54 Å². The number of aromatic nitrogens is 1. The second-order valence-corrected chi connectivity index (χ2v) is 6.90. The predicted molar refractivity (Wildman–Crippen MR) is 86.8 cm³/mol. The van der Waals surface area contributed by atoms with Crippen molar-refractivity contribution >= 4 is 11.8 Å². The molecular formula is C17H22N2OS. The van der Waals surface area contributed by atoms with Crippen molar-refractivity contribution in [2.45, 2.75) is 49.6 Å². The van der Waals surface area contributed by atoms with E-state index in [2.05, 4.69) is 48.4 Å². The zero-order valence-electron chi connectivity index (χ0n) is 12.8. The van der Waals surface area contributed by atoms with Crippen LogP contribution in [-0.4, -0.2) is 16.8 Å². The van der Waals surface area contributed by atoms with Crippen LogP contribution in [-0.2, 0) is 0 Å². The monoisotopic (exact) mass is 302 g/mol. The van der Waals surface area contributed by atoms with E-state index in [1.165, 1.54) is 11.1 Å². The molecular weight excluding hydrogens is 280 g/mol. The molecule has 3 rings (SSSR count). The topological polar surface area (TPSA) is 38.1 Å². The maximum Gasteiger partial charge on any atom is 0.256 e. The first-order valence-corrected chi connectivity index (χ1v) is 8.48. The summed E-state index contributed by atoms with van der Waals surface area (Å²) < 4.78 is 5.54. The number of benzene rings is 1. The lowest BCUT2D eigenvalue weighted by molar-refractivity contribution is 0.432. The minimum absolute atomic E-state index is 0.361. The number of thioether (sulfide) groups is 1. The molecule has 112 valence electrons. The highest BCUT2D eigenvalue weighted by atomic mass is 32.2. The highest BCUT2D eigenvalue weighted by Crippen LogP contribution is 2.44. The van der Waals surface area contributed by atoms with Crippen LogP contribution in [0.4, 0.5) is 0 Å². The van der Waals surface area contributed by atoms with Gasteiger partial charge < -0.3 is 9.73 Å². The highest BCUT2D eigenvalue weighted by molar-refractivity contribution is 7.99. The summed E-state index contributed by atoms with van der Waals surface area (Å²) in [6.45, 7) is 7.41. The van der Waals surface area contributed by atoms with Gasteiger partial charge in [0.05, 0.1) is 5.69 Å². The highest BCUT2D eigenvalue weighted by Gasteiger charge is 2.34. The number of nitrogens with zero attached hydrogens (tertiary/aromatic N) is 1. The number of hydrogen-bond acceptors (Lipinski definition) is 4. The molecule has 4 heteroatoms. The van der Waals surface area contributed by atoms with E-state index in [1.54, 1.807) is 18.0 Å². The number of fused-ring (bicyclic) bond motifs is 1. The van der Waals surface area contributed by atoms with Crippen LogP contribution >= 0.6 is 11.8 Å². The third-order valence-corrected chi connectivity index (χ3v) is 5.25. The van der Waals surface area contributed by atoms with Gasteiger partial charge in [-0.1, -0.05) is 49.9 Å². The Morgan fingerprint density at radius 2 is 2.10 bits per heavy atom. The van der Waals surface area contributed by atoms with E-state index in [-0.39, 0.29) is 0 Å². The zero-order chi connectivity index (χ0) is 14.8. The second-order valence-electron chi connectivity index (χ2n) is 5.71. The van der Waals surface area contributed by atoms with Crippen LogP contribution < -0.4 is 5.32 Å². The summed E-state index contributed by atoms with van der Waals surface area (Å²) in [5.74, 6) is 0.574. The molecule has 1 aromatic heterocycles. The van der Waals surface area contributed by atoms with Crippen molar-refractivity contribution < 1.29 is 4.42 Å². The maximum atomic E-state index is 5.54. The Bertz CT molecular complexity index is 610. The summed E-state index contributed by atoms with van der Waals surface area (Å²) in [5.41, 5.74) is 3.85. The van der Waals surface area contributed by atoms with E-state index in [0.717, 1.165) is 23.9 Å². The molecule has 0 amide bonds. The van der Waals surface area contributed by atoms with Crippen molar-refractivity contribution in [3.8, 4) is 0 Å². The van der Waals surface area contributed by atoms with Crippen LogP contribution in [0.25, 0.3) is 0 Å². The van der Waals surface area contributed by atoms with Crippen LogP contribution in [0.15, 0.2) is 40.2 Å². The van der Waals surface area contributed by atoms with E-state index >= 15 is 0 Å². The van der Waals surface area contributed by atoms with Gasteiger partial charge in [-0.25, -0.2) is 4.98 Å². The molecule has 0 saturated heterocycles. The van der Waals surface area contributed by atoms with Crippen molar-refractivity contribution in [3.63, 3.8) is 0 Å². The first-order valence-electron chi connectivity index (χ1n) is 7.60. The number of aryl methyl sites for hydroxylation is 1. The van der Waals surface area contributed by atoms with Gasteiger partial charge in [0, 0.05) is 11.3 Å². The van der Waals surface area contributed by atoms with Crippen molar-refractivity contribution in [1.29, 1.82) is 0 Å². The van der Waals surface area contributed by atoms with E-state index in [1.807, 2.05) is 6.92 Å². The summed E-state index contributed by atoms with van der Waals surface area (Å²) in [4.78, 5) is 4.45. The second kappa shape index (κ2) is 6.24. The summed E-state index contributed by atoms with van der Waals surface area (Å²) in [6, 6.07) is 9.16. The Labute approximate surface area is 130 Å². The van der Waals surface area contributed by atoms with Gasteiger partial charge in [-0.15, -0.1) is 0 Å². The molecule has 3 atom stereocenters. The third kappa shape index (κ3) is 3.01. The van der Waals surface area contributed by atoms with Crippen LogP contribution in [0.1, 0.15) is 49.0 Å². The van der Waals surface area contributed by atoms with E-state index in [9.17, 15) is 0 Å². The quantitative estimate of drug-likeness (QED) is 0.913. The first kappa shape index (κ1) is 14.7. The molecule has 0 radical (unpaired) electrons. The van der Waals surface area contributed by atoms with Gasteiger partial charge >= 0.3 is 0 Å². The lowest BCUT2D eigenvalue weighted by Gasteiger charge is -2.36. The minimum Gasteiger partial charge on any atom is -0.440 e. The molecule has 0 aliphatic heterocycles. The Kier molecular flexibility index (Phi) is 4.36. The predicted octanol–water partition coefficient (Wildman–Crippen LogP) is 4.30. The molecule has 1 aliphatic rings. The van der Waals surface area contributed by atoms with Crippen molar-refractivity contribution in [1.82, 2.24) is 10.3 Å². The normalized spacial score (nSPS) is 24.8. The van der Waals surface area contributed by atoms with E-state index in [4.69, 9.17) is 4.42 Å².